The maximum absolute atomic E-state index is 6.32. The standard InChI is InChI=1S/C24H34N2O.C21H29N3O.C3H8/c1-4-26(18-21-11-13-25-14-12-21)17-20(3)22-8-6-10-24(16-22)27-23-9-5-7-19(2)15-23;1-16-5-3-7-20(11-16)25-21-8-4-6-18(12-21)17(2)13-23-14-19-9-10-22-15-24-19;1-3-2/h5,7,9,11-15,20,22,24H,4,6,8,10,16-18H2,1-3H3;3,5,7,9-11,15,17-18,21,23H,4,6,8,12-14H2,1-2H3;3H2,1-2H3/t20?,22?,24-;17?,18?,21-;/m11./s1. The third-order valence-corrected chi connectivity index (χ3v) is 11.1. The first-order chi connectivity index (χ1) is 26.8. The SMILES string of the molecule is CCC.CCN(Cc1ccncc1)CC(C)C1CCC[C@@H](Oc2cccc(C)c2)C1.Cc1cccc(O[C@@H]2CCCC(C(C)CNCc3ccncn3)C2)c1. The summed E-state index contributed by atoms with van der Waals surface area (Å²) in [6.45, 7) is 20.6. The number of aromatic nitrogens is 3. The van der Waals surface area contributed by atoms with Gasteiger partial charge in [0, 0.05) is 38.2 Å². The lowest BCUT2D eigenvalue weighted by atomic mass is 9.79. The molecular weight excluding hydrogens is 679 g/mol. The Bertz CT molecular complexity index is 1590. The number of rotatable bonds is 15. The molecule has 6 atom stereocenters. The van der Waals surface area contributed by atoms with Crippen LogP contribution in [0.5, 0.6) is 11.5 Å². The summed E-state index contributed by atoms with van der Waals surface area (Å²) in [7, 11) is 0. The van der Waals surface area contributed by atoms with Crippen LogP contribution in [0.1, 0.15) is 115 Å². The highest BCUT2D eigenvalue weighted by molar-refractivity contribution is 5.28. The molecule has 0 bridgehead atoms. The van der Waals surface area contributed by atoms with Crippen molar-refractivity contribution in [1.29, 1.82) is 0 Å². The molecule has 0 radical (unpaired) electrons. The molecule has 7 heteroatoms. The van der Waals surface area contributed by atoms with Crippen LogP contribution in [0.3, 0.4) is 0 Å². The zero-order valence-corrected chi connectivity index (χ0v) is 35.1. The second kappa shape index (κ2) is 24.7. The number of hydrogen-bond acceptors (Lipinski definition) is 7. The first-order valence-electron chi connectivity index (χ1n) is 21.3. The van der Waals surface area contributed by atoms with Crippen LogP contribution >= 0.6 is 0 Å². The van der Waals surface area contributed by atoms with Gasteiger partial charge in [-0.2, -0.15) is 0 Å². The summed E-state index contributed by atoms with van der Waals surface area (Å²) in [4.78, 5) is 14.9. The van der Waals surface area contributed by atoms with E-state index in [9.17, 15) is 0 Å². The second-order valence-electron chi connectivity index (χ2n) is 16.1. The Morgan fingerprint density at radius 1 is 0.727 bits per heavy atom. The average molecular weight is 750 g/mol. The molecule has 2 saturated carbocycles. The summed E-state index contributed by atoms with van der Waals surface area (Å²) >= 11 is 0. The number of nitrogens with zero attached hydrogens (tertiary/aromatic N) is 4. The van der Waals surface area contributed by atoms with Crippen molar-refractivity contribution in [3.63, 3.8) is 0 Å². The molecule has 0 aliphatic heterocycles. The summed E-state index contributed by atoms with van der Waals surface area (Å²) in [6, 6.07) is 23.1. The van der Waals surface area contributed by atoms with Gasteiger partial charge in [-0.1, -0.05) is 65.3 Å². The van der Waals surface area contributed by atoms with Crippen LogP contribution in [0.25, 0.3) is 0 Å². The Morgan fingerprint density at radius 2 is 1.29 bits per heavy atom. The van der Waals surface area contributed by atoms with Crippen LogP contribution in [0, 0.1) is 37.5 Å². The minimum atomic E-state index is 0.352. The molecule has 0 spiro atoms. The van der Waals surface area contributed by atoms with Gasteiger partial charge in [-0.25, -0.2) is 9.97 Å². The number of hydrogen-bond donors (Lipinski definition) is 1. The van der Waals surface area contributed by atoms with Gasteiger partial charge in [0.1, 0.15) is 17.8 Å². The number of pyridine rings is 1. The van der Waals surface area contributed by atoms with E-state index in [1.165, 1.54) is 68.1 Å². The van der Waals surface area contributed by atoms with E-state index in [-0.39, 0.29) is 0 Å². The minimum Gasteiger partial charge on any atom is -0.490 e. The van der Waals surface area contributed by atoms with Gasteiger partial charge in [-0.3, -0.25) is 9.88 Å². The number of ether oxygens (including phenoxy) is 2. The van der Waals surface area contributed by atoms with Crippen LogP contribution in [-0.4, -0.2) is 51.7 Å². The van der Waals surface area contributed by atoms with E-state index in [1.807, 2.05) is 18.5 Å². The van der Waals surface area contributed by atoms with Gasteiger partial charge in [0.2, 0.25) is 0 Å². The zero-order valence-electron chi connectivity index (χ0n) is 35.1. The van der Waals surface area contributed by atoms with E-state index in [0.717, 1.165) is 68.2 Å². The largest absolute Gasteiger partial charge is 0.490 e. The Hall–Kier alpha value is -3.81. The first-order valence-corrected chi connectivity index (χ1v) is 21.3. The molecule has 4 aromatic rings. The summed E-state index contributed by atoms with van der Waals surface area (Å²) in [5.74, 6) is 4.85. The zero-order chi connectivity index (χ0) is 39.3. The van der Waals surface area contributed by atoms with E-state index in [0.29, 0.717) is 24.0 Å². The minimum absolute atomic E-state index is 0.352. The number of aryl methyl sites for hydroxylation is 2. The van der Waals surface area contributed by atoms with Gasteiger partial charge in [-0.05, 0) is 161 Å². The number of nitrogens with one attached hydrogen (secondary N) is 1. The smallest absolute Gasteiger partial charge is 0.119 e. The highest BCUT2D eigenvalue weighted by Gasteiger charge is 2.29. The van der Waals surface area contributed by atoms with Gasteiger partial charge >= 0.3 is 0 Å². The van der Waals surface area contributed by atoms with E-state index in [2.05, 4.69) is 134 Å². The quantitative estimate of drug-likeness (QED) is 0.130. The molecule has 1 N–H and O–H groups in total. The summed E-state index contributed by atoms with van der Waals surface area (Å²) in [5, 5.41) is 3.54. The molecule has 2 aliphatic carbocycles. The Morgan fingerprint density at radius 3 is 1.82 bits per heavy atom. The Balaban J connectivity index is 0.000000229. The van der Waals surface area contributed by atoms with Crippen molar-refractivity contribution < 1.29 is 9.47 Å². The fraction of sp³-hybridized carbons (Fsp3) is 0.562. The first kappa shape index (κ1) is 43.9. The molecule has 0 saturated heterocycles. The number of benzene rings is 2. The van der Waals surface area contributed by atoms with Crippen molar-refractivity contribution in [2.75, 3.05) is 19.6 Å². The normalized spacial score (nSPS) is 20.6. The van der Waals surface area contributed by atoms with Crippen LogP contribution in [0.15, 0.2) is 91.6 Å². The summed E-state index contributed by atoms with van der Waals surface area (Å²) < 4.78 is 12.6. The Labute approximate surface area is 334 Å². The molecule has 55 heavy (non-hydrogen) atoms. The Kier molecular flexibility index (Phi) is 19.7. The molecule has 2 fully saturated rings. The average Bonchev–Trinajstić information content (AvgIpc) is 3.19. The van der Waals surface area contributed by atoms with Gasteiger partial charge in [0.05, 0.1) is 17.9 Å². The molecule has 6 rings (SSSR count). The monoisotopic (exact) mass is 750 g/mol. The van der Waals surface area contributed by atoms with Crippen molar-refractivity contribution >= 4 is 0 Å². The summed E-state index contributed by atoms with van der Waals surface area (Å²) in [6.07, 6.45) is 19.0. The highest BCUT2D eigenvalue weighted by atomic mass is 16.5. The third kappa shape index (κ3) is 16.4. The molecule has 300 valence electrons. The molecular formula is C48H71N5O2. The van der Waals surface area contributed by atoms with E-state index in [4.69, 9.17) is 9.47 Å². The van der Waals surface area contributed by atoms with Crippen molar-refractivity contribution in [2.24, 2.45) is 23.7 Å². The maximum atomic E-state index is 6.32. The molecule has 0 amide bonds. The van der Waals surface area contributed by atoms with Crippen molar-refractivity contribution in [2.45, 2.75) is 132 Å². The topological polar surface area (TPSA) is 72.4 Å². The van der Waals surface area contributed by atoms with Crippen molar-refractivity contribution in [3.8, 4) is 11.5 Å². The van der Waals surface area contributed by atoms with E-state index < -0.39 is 0 Å². The van der Waals surface area contributed by atoms with E-state index in [1.54, 1.807) is 12.5 Å². The lowest BCUT2D eigenvalue weighted by Gasteiger charge is -2.35. The molecule has 4 unspecified atom stereocenters. The molecule has 2 aromatic heterocycles. The molecule has 2 aliphatic rings. The summed E-state index contributed by atoms with van der Waals surface area (Å²) in [5.41, 5.74) is 4.92. The molecule has 2 heterocycles. The molecule has 7 nitrogen and oxygen atoms in total. The van der Waals surface area contributed by atoms with Crippen LogP contribution in [0.2, 0.25) is 0 Å². The predicted molar refractivity (Wildman–Crippen MR) is 228 cm³/mol. The lowest BCUT2D eigenvalue weighted by Crippen LogP contribution is -2.35. The fourth-order valence-corrected chi connectivity index (χ4v) is 8.00. The van der Waals surface area contributed by atoms with Crippen molar-refractivity contribution in [1.82, 2.24) is 25.2 Å². The van der Waals surface area contributed by atoms with Crippen LogP contribution < -0.4 is 14.8 Å². The highest BCUT2D eigenvalue weighted by Crippen LogP contribution is 2.34. The predicted octanol–water partition coefficient (Wildman–Crippen LogP) is 11.1. The maximum Gasteiger partial charge on any atom is 0.119 e. The van der Waals surface area contributed by atoms with E-state index >= 15 is 0 Å². The fourth-order valence-electron chi connectivity index (χ4n) is 8.00. The molecule has 2 aromatic carbocycles. The second-order valence-corrected chi connectivity index (χ2v) is 16.1. The van der Waals surface area contributed by atoms with Crippen LogP contribution in [0.4, 0.5) is 0 Å². The van der Waals surface area contributed by atoms with Crippen LogP contribution in [-0.2, 0) is 13.1 Å². The van der Waals surface area contributed by atoms with Gasteiger partial charge in [0.15, 0.2) is 0 Å². The lowest BCUT2D eigenvalue weighted by molar-refractivity contribution is 0.0882. The third-order valence-electron chi connectivity index (χ3n) is 11.1. The van der Waals surface area contributed by atoms with Gasteiger partial charge in [0.25, 0.3) is 0 Å². The van der Waals surface area contributed by atoms with Gasteiger partial charge in [-0.15, -0.1) is 0 Å². The van der Waals surface area contributed by atoms with Crippen molar-refractivity contribution in [3.05, 3.63) is 114 Å². The van der Waals surface area contributed by atoms with Gasteiger partial charge < -0.3 is 14.8 Å².